The van der Waals surface area contributed by atoms with Crippen molar-refractivity contribution in [1.82, 2.24) is 0 Å². The fourth-order valence-electron chi connectivity index (χ4n) is 1.47. The fourth-order valence-corrected chi connectivity index (χ4v) is 1.47. The third-order valence-corrected chi connectivity index (χ3v) is 2.26. The minimum atomic E-state index is -1.01. The SMILES string of the molecule is O=c1c(O)c(-c2ccccc2[N+](=O)[O-])c1=O. The molecule has 16 heavy (non-hydrogen) atoms. The minimum absolute atomic E-state index is 0.0328. The van der Waals surface area contributed by atoms with E-state index in [4.69, 9.17) is 0 Å². The molecule has 0 saturated heterocycles. The number of hydrogen-bond acceptors (Lipinski definition) is 5. The summed E-state index contributed by atoms with van der Waals surface area (Å²) in [6.07, 6.45) is 0. The molecule has 0 heterocycles. The van der Waals surface area contributed by atoms with Gasteiger partial charge in [0.15, 0.2) is 5.75 Å². The maximum atomic E-state index is 11.2. The van der Waals surface area contributed by atoms with E-state index in [0.29, 0.717) is 0 Å². The molecule has 0 atom stereocenters. The average Bonchev–Trinajstić information content (AvgIpc) is 2.29. The molecule has 0 saturated carbocycles. The number of hydrogen-bond donors (Lipinski definition) is 1. The number of para-hydroxylation sites is 1. The Kier molecular flexibility index (Phi) is 2.05. The molecule has 6 heteroatoms. The summed E-state index contributed by atoms with van der Waals surface area (Å²) in [4.78, 5) is 31.9. The summed E-state index contributed by atoms with van der Waals surface area (Å²) >= 11 is 0. The molecular weight excluding hydrogens is 214 g/mol. The first kappa shape index (κ1) is 10.0. The molecule has 0 aromatic heterocycles. The molecule has 0 bridgehead atoms. The second-order valence-electron chi connectivity index (χ2n) is 3.16. The molecule has 0 radical (unpaired) electrons. The zero-order valence-corrected chi connectivity index (χ0v) is 7.84. The summed E-state index contributed by atoms with van der Waals surface area (Å²) < 4.78 is 0. The Morgan fingerprint density at radius 1 is 1.12 bits per heavy atom. The lowest BCUT2D eigenvalue weighted by Gasteiger charge is -2.05. The lowest BCUT2D eigenvalue weighted by Crippen LogP contribution is -2.32. The lowest BCUT2D eigenvalue weighted by molar-refractivity contribution is -0.384. The topological polar surface area (TPSA) is 97.5 Å². The summed E-state index contributed by atoms with van der Waals surface area (Å²) in [6, 6.07) is 5.43. The number of nitro groups is 1. The third kappa shape index (κ3) is 1.20. The predicted molar refractivity (Wildman–Crippen MR) is 55.1 cm³/mol. The van der Waals surface area contributed by atoms with Gasteiger partial charge in [0.1, 0.15) is 0 Å². The maximum absolute atomic E-state index is 11.2. The highest BCUT2D eigenvalue weighted by molar-refractivity contribution is 5.80. The van der Waals surface area contributed by atoms with Gasteiger partial charge in [0.25, 0.3) is 11.1 Å². The van der Waals surface area contributed by atoms with Crippen LogP contribution in [0.5, 0.6) is 5.75 Å². The molecule has 0 aliphatic carbocycles. The standard InChI is InChI=1S/C10H5NO5/c12-8-7(9(13)10(8)14)5-3-1-2-4-6(5)11(15)16/h1-4,12H. The van der Waals surface area contributed by atoms with E-state index in [-0.39, 0.29) is 16.8 Å². The molecule has 0 fully saturated rings. The summed E-state index contributed by atoms with van der Waals surface area (Å²) in [5.74, 6) is -0.709. The molecule has 2 aromatic carbocycles. The Bertz CT molecular complexity index is 651. The maximum Gasteiger partial charge on any atom is 0.277 e. The van der Waals surface area contributed by atoms with Crippen molar-refractivity contribution in [3.8, 4) is 16.9 Å². The van der Waals surface area contributed by atoms with Crippen molar-refractivity contribution in [3.63, 3.8) is 0 Å². The summed E-state index contributed by atoms with van der Waals surface area (Å²) in [5, 5.41) is 19.9. The smallest absolute Gasteiger partial charge is 0.277 e. The van der Waals surface area contributed by atoms with E-state index >= 15 is 0 Å². The Labute approximate surface area is 88.2 Å². The van der Waals surface area contributed by atoms with Crippen LogP contribution in [0, 0.1) is 10.1 Å². The predicted octanol–water partition coefficient (Wildman–Crippen LogP) is 0.563. The lowest BCUT2D eigenvalue weighted by atomic mass is 9.98. The van der Waals surface area contributed by atoms with Crippen LogP contribution in [0.2, 0.25) is 0 Å². The van der Waals surface area contributed by atoms with Crippen molar-refractivity contribution in [2.45, 2.75) is 0 Å². The Hall–Kier alpha value is -2.50. The van der Waals surface area contributed by atoms with E-state index in [2.05, 4.69) is 0 Å². The fraction of sp³-hybridized carbons (Fsp3) is 0. The number of rotatable bonds is 2. The summed E-state index contributed by atoms with van der Waals surface area (Å²) in [7, 11) is 0. The molecule has 80 valence electrons. The van der Waals surface area contributed by atoms with Crippen molar-refractivity contribution >= 4 is 5.69 Å². The van der Waals surface area contributed by atoms with Gasteiger partial charge in [-0.15, -0.1) is 0 Å². The average molecular weight is 219 g/mol. The summed E-state index contributed by atoms with van der Waals surface area (Å²) in [6.45, 7) is 0. The Balaban J connectivity index is 2.72. The first-order chi connectivity index (χ1) is 7.54. The van der Waals surface area contributed by atoms with Gasteiger partial charge in [0, 0.05) is 6.07 Å². The van der Waals surface area contributed by atoms with Crippen molar-refractivity contribution in [2.75, 3.05) is 0 Å². The van der Waals surface area contributed by atoms with Crippen LogP contribution in [0.1, 0.15) is 0 Å². The van der Waals surface area contributed by atoms with Crippen molar-refractivity contribution in [2.24, 2.45) is 0 Å². The molecule has 0 aliphatic heterocycles. The molecule has 6 nitrogen and oxygen atoms in total. The van der Waals surface area contributed by atoms with E-state index in [1.165, 1.54) is 24.3 Å². The van der Waals surface area contributed by atoms with E-state index in [1.807, 2.05) is 0 Å². The quantitative estimate of drug-likeness (QED) is 0.452. The van der Waals surface area contributed by atoms with Gasteiger partial charge in [-0.25, -0.2) is 0 Å². The minimum Gasteiger partial charge on any atom is -0.503 e. The first-order valence-electron chi connectivity index (χ1n) is 4.30. The van der Waals surface area contributed by atoms with Crippen LogP contribution in [-0.4, -0.2) is 10.0 Å². The van der Waals surface area contributed by atoms with E-state index < -0.39 is 21.5 Å². The number of aromatic hydroxyl groups is 1. The van der Waals surface area contributed by atoms with Gasteiger partial charge in [-0.3, -0.25) is 19.7 Å². The third-order valence-electron chi connectivity index (χ3n) is 2.26. The molecule has 2 aromatic rings. The number of nitrogens with zero attached hydrogens (tertiary/aromatic N) is 1. The van der Waals surface area contributed by atoms with Gasteiger partial charge in [0.05, 0.1) is 16.1 Å². The highest BCUT2D eigenvalue weighted by Gasteiger charge is 2.27. The summed E-state index contributed by atoms with van der Waals surface area (Å²) in [5.41, 5.74) is -2.53. The molecule has 0 amide bonds. The van der Waals surface area contributed by atoms with Gasteiger partial charge in [0.2, 0.25) is 5.43 Å². The molecule has 0 unspecified atom stereocenters. The molecule has 2 rings (SSSR count). The molecule has 1 N–H and O–H groups in total. The van der Waals surface area contributed by atoms with Gasteiger partial charge < -0.3 is 5.11 Å². The van der Waals surface area contributed by atoms with Crippen molar-refractivity contribution in [1.29, 1.82) is 0 Å². The monoisotopic (exact) mass is 219 g/mol. The second-order valence-corrected chi connectivity index (χ2v) is 3.16. The van der Waals surface area contributed by atoms with Crippen LogP contribution >= 0.6 is 0 Å². The normalized spacial score (nSPS) is 10.5. The van der Waals surface area contributed by atoms with Crippen molar-refractivity contribution < 1.29 is 10.0 Å². The van der Waals surface area contributed by atoms with Gasteiger partial charge >= 0.3 is 0 Å². The van der Waals surface area contributed by atoms with E-state index in [9.17, 15) is 24.8 Å². The first-order valence-corrected chi connectivity index (χ1v) is 4.30. The van der Waals surface area contributed by atoms with Crippen molar-refractivity contribution in [3.05, 3.63) is 54.8 Å². The zero-order chi connectivity index (χ0) is 11.9. The zero-order valence-electron chi connectivity index (χ0n) is 7.84. The number of benzene rings is 1. The second kappa shape index (κ2) is 3.27. The van der Waals surface area contributed by atoms with Crippen LogP contribution in [0.3, 0.4) is 0 Å². The van der Waals surface area contributed by atoms with Gasteiger partial charge in [-0.2, -0.15) is 0 Å². The van der Waals surface area contributed by atoms with Crippen LogP contribution < -0.4 is 10.9 Å². The van der Waals surface area contributed by atoms with Crippen LogP contribution in [0.4, 0.5) is 5.69 Å². The Morgan fingerprint density at radius 2 is 1.75 bits per heavy atom. The molecular formula is C10H5NO5. The highest BCUT2D eigenvalue weighted by Crippen LogP contribution is 2.31. The molecule has 0 aliphatic rings. The Morgan fingerprint density at radius 3 is 2.31 bits per heavy atom. The largest absolute Gasteiger partial charge is 0.503 e. The van der Waals surface area contributed by atoms with Crippen LogP contribution in [0.25, 0.3) is 11.1 Å². The van der Waals surface area contributed by atoms with Crippen LogP contribution in [0.15, 0.2) is 33.9 Å². The van der Waals surface area contributed by atoms with Gasteiger partial charge in [-0.05, 0) is 6.07 Å². The highest BCUT2D eigenvalue weighted by atomic mass is 16.6. The molecule has 0 spiro atoms. The van der Waals surface area contributed by atoms with E-state index in [1.54, 1.807) is 0 Å². The van der Waals surface area contributed by atoms with Gasteiger partial charge in [-0.1, -0.05) is 12.1 Å². The van der Waals surface area contributed by atoms with Crippen LogP contribution in [-0.2, 0) is 0 Å². The van der Waals surface area contributed by atoms with E-state index in [0.717, 1.165) is 0 Å². The number of nitro benzene ring substituents is 1.